The molecule has 2 nitrogen and oxygen atoms in total. The Bertz CT molecular complexity index is 893. The van der Waals surface area contributed by atoms with Gasteiger partial charge in [-0.3, -0.25) is 0 Å². The van der Waals surface area contributed by atoms with Gasteiger partial charge in [0.1, 0.15) is 5.15 Å². The van der Waals surface area contributed by atoms with E-state index in [0.717, 1.165) is 21.9 Å². The summed E-state index contributed by atoms with van der Waals surface area (Å²) < 4.78 is 0. The van der Waals surface area contributed by atoms with Crippen molar-refractivity contribution in [1.82, 2.24) is 9.97 Å². The highest BCUT2D eigenvalue weighted by Crippen LogP contribution is 2.30. The van der Waals surface area contributed by atoms with Gasteiger partial charge in [-0.2, -0.15) is 0 Å². The van der Waals surface area contributed by atoms with E-state index in [1.54, 1.807) is 0 Å². The number of fused-ring (bicyclic) bond motifs is 5. The van der Waals surface area contributed by atoms with Crippen LogP contribution in [0.2, 0.25) is 5.15 Å². The quantitative estimate of drug-likeness (QED) is 0.458. The summed E-state index contributed by atoms with van der Waals surface area (Å²) in [7, 11) is 0. The minimum atomic E-state index is 0.637. The van der Waals surface area contributed by atoms with Crippen LogP contribution in [0.5, 0.6) is 0 Å². The third-order valence-corrected chi connectivity index (χ3v) is 3.51. The smallest absolute Gasteiger partial charge is 0.106 e. The molecule has 0 aliphatic heterocycles. The Labute approximate surface area is 108 Å². The fraction of sp³-hybridized carbons (Fsp3) is 0. The molecule has 0 aliphatic carbocycles. The Morgan fingerprint density at radius 2 is 1.67 bits per heavy atom. The van der Waals surface area contributed by atoms with Gasteiger partial charge in [-0.15, -0.1) is 0 Å². The number of nitrogens with one attached hydrogen (secondary N) is 1. The molecule has 1 N–H and O–H groups in total. The normalized spacial score (nSPS) is 11.6. The minimum absolute atomic E-state index is 0.637. The van der Waals surface area contributed by atoms with Gasteiger partial charge in [0.25, 0.3) is 0 Å². The highest BCUT2D eigenvalue weighted by molar-refractivity contribution is 6.30. The summed E-state index contributed by atoms with van der Waals surface area (Å²) in [5.74, 6) is 0. The van der Waals surface area contributed by atoms with Gasteiger partial charge in [0.2, 0.25) is 0 Å². The predicted octanol–water partition coefficient (Wildman–Crippen LogP) is 4.52. The van der Waals surface area contributed by atoms with E-state index in [-0.39, 0.29) is 0 Å². The van der Waals surface area contributed by atoms with Crippen LogP contribution in [0, 0.1) is 0 Å². The lowest BCUT2D eigenvalue weighted by Gasteiger charge is -2.00. The molecule has 0 fully saturated rings. The second-order valence-corrected chi connectivity index (χ2v) is 4.77. The van der Waals surface area contributed by atoms with Crippen molar-refractivity contribution in [3.05, 3.63) is 53.7 Å². The summed E-state index contributed by atoms with van der Waals surface area (Å²) >= 11 is 5.97. The summed E-state index contributed by atoms with van der Waals surface area (Å²) in [5, 5.41) is 4.13. The molecule has 0 saturated carbocycles. The second kappa shape index (κ2) is 3.47. The number of nitrogens with zero attached hydrogens (tertiary/aromatic N) is 1. The fourth-order valence-electron chi connectivity index (χ4n) is 2.47. The highest BCUT2D eigenvalue weighted by Gasteiger charge is 2.08. The molecule has 2 aromatic heterocycles. The molecular formula is C15H9ClN2. The van der Waals surface area contributed by atoms with Gasteiger partial charge in [0, 0.05) is 21.7 Å². The molecule has 0 saturated heterocycles. The van der Waals surface area contributed by atoms with Crippen molar-refractivity contribution in [2.75, 3.05) is 0 Å². The molecule has 0 radical (unpaired) electrons. The summed E-state index contributed by atoms with van der Waals surface area (Å²) in [5.41, 5.74) is 3.08. The van der Waals surface area contributed by atoms with Gasteiger partial charge in [0.05, 0.1) is 11.0 Å². The number of pyridine rings is 1. The van der Waals surface area contributed by atoms with Gasteiger partial charge in [-0.1, -0.05) is 35.9 Å². The number of halogens is 1. The number of benzene rings is 2. The Morgan fingerprint density at radius 3 is 2.61 bits per heavy atom. The summed E-state index contributed by atoms with van der Waals surface area (Å²) in [4.78, 5) is 7.86. The SMILES string of the molecule is Clc1ccc2c(ccc3c4ccccc4nc23)[nH]1. The Hall–Kier alpha value is -2.06. The lowest BCUT2D eigenvalue weighted by molar-refractivity contribution is 1.41. The number of para-hydroxylation sites is 1. The molecule has 2 aromatic carbocycles. The van der Waals surface area contributed by atoms with E-state index in [4.69, 9.17) is 16.6 Å². The van der Waals surface area contributed by atoms with Crippen molar-refractivity contribution in [2.45, 2.75) is 0 Å². The van der Waals surface area contributed by atoms with E-state index >= 15 is 0 Å². The molecule has 86 valence electrons. The fourth-order valence-corrected chi connectivity index (χ4v) is 2.63. The van der Waals surface area contributed by atoms with Crippen LogP contribution in [-0.4, -0.2) is 9.97 Å². The van der Waals surface area contributed by atoms with Crippen molar-refractivity contribution in [2.24, 2.45) is 0 Å². The third kappa shape index (κ3) is 1.27. The molecule has 2 heterocycles. The first-order valence-electron chi connectivity index (χ1n) is 5.78. The molecule has 0 spiro atoms. The van der Waals surface area contributed by atoms with Crippen molar-refractivity contribution in [3.63, 3.8) is 0 Å². The van der Waals surface area contributed by atoms with Crippen LogP contribution in [0.1, 0.15) is 0 Å². The zero-order valence-electron chi connectivity index (χ0n) is 9.44. The molecule has 3 heteroatoms. The molecule has 0 bridgehead atoms. The number of aromatic nitrogens is 2. The van der Waals surface area contributed by atoms with Crippen LogP contribution in [0.4, 0.5) is 0 Å². The zero-order valence-corrected chi connectivity index (χ0v) is 10.2. The largest absolute Gasteiger partial charge is 0.346 e. The van der Waals surface area contributed by atoms with E-state index in [2.05, 4.69) is 23.2 Å². The van der Waals surface area contributed by atoms with Gasteiger partial charge in [0.15, 0.2) is 0 Å². The Balaban J connectivity index is 2.28. The van der Waals surface area contributed by atoms with E-state index in [0.29, 0.717) is 5.15 Å². The minimum Gasteiger partial charge on any atom is -0.346 e. The molecular weight excluding hydrogens is 244 g/mol. The van der Waals surface area contributed by atoms with Crippen LogP contribution in [0.3, 0.4) is 0 Å². The monoisotopic (exact) mass is 252 g/mol. The predicted molar refractivity (Wildman–Crippen MR) is 76.1 cm³/mol. The summed E-state index contributed by atoms with van der Waals surface area (Å²) in [6.07, 6.45) is 0. The van der Waals surface area contributed by atoms with Crippen LogP contribution < -0.4 is 0 Å². The zero-order chi connectivity index (χ0) is 12.1. The van der Waals surface area contributed by atoms with E-state index in [1.807, 2.05) is 30.3 Å². The standard InChI is InChI=1S/C15H9ClN2/c16-14-8-6-11-13(17-14)7-5-10-9-3-1-2-4-12(9)18-15(10)11/h1-8,17H. The highest BCUT2D eigenvalue weighted by atomic mass is 35.5. The molecule has 4 rings (SSSR count). The number of rotatable bonds is 0. The van der Waals surface area contributed by atoms with Gasteiger partial charge < -0.3 is 4.98 Å². The Morgan fingerprint density at radius 1 is 0.833 bits per heavy atom. The average molecular weight is 253 g/mol. The van der Waals surface area contributed by atoms with Crippen LogP contribution >= 0.6 is 11.6 Å². The van der Waals surface area contributed by atoms with E-state index in [9.17, 15) is 0 Å². The maximum absolute atomic E-state index is 5.97. The van der Waals surface area contributed by atoms with Crippen LogP contribution in [-0.2, 0) is 0 Å². The first-order chi connectivity index (χ1) is 8.83. The lowest BCUT2D eigenvalue weighted by Crippen LogP contribution is -1.80. The topological polar surface area (TPSA) is 28.7 Å². The van der Waals surface area contributed by atoms with E-state index in [1.165, 1.54) is 10.8 Å². The number of hydrogen-bond acceptors (Lipinski definition) is 1. The number of hydrogen-bond donors (Lipinski definition) is 1. The third-order valence-electron chi connectivity index (χ3n) is 3.29. The first kappa shape index (κ1) is 9.92. The number of aromatic amines is 1. The molecule has 4 aromatic rings. The van der Waals surface area contributed by atoms with Crippen molar-refractivity contribution < 1.29 is 0 Å². The van der Waals surface area contributed by atoms with Crippen LogP contribution in [0.15, 0.2) is 48.5 Å². The van der Waals surface area contributed by atoms with Crippen molar-refractivity contribution in [1.29, 1.82) is 0 Å². The van der Waals surface area contributed by atoms with E-state index < -0.39 is 0 Å². The van der Waals surface area contributed by atoms with Gasteiger partial charge in [-0.05, 0) is 24.3 Å². The average Bonchev–Trinajstić information content (AvgIpc) is 2.77. The van der Waals surface area contributed by atoms with Crippen LogP contribution in [0.25, 0.3) is 32.7 Å². The second-order valence-electron chi connectivity index (χ2n) is 4.36. The van der Waals surface area contributed by atoms with Gasteiger partial charge >= 0.3 is 0 Å². The Kier molecular flexibility index (Phi) is 1.91. The van der Waals surface area contributed by atoms with Gasteiger partial charge in [-0.25, -0.2) is 4.98 Å². The molecule has 0 aliphatic rings. The number of H-pyrrole nitrogens is 1. The molecule has 0 atom stereocenters. The molecule has 0 unspecified atom stereocenters. The summed E-state index contributed by atoms with van der Waals surface area (Å²) in [6, 6.07) is 16.2. The maximum atomic E-state index is 5.97. The first-order valence-corrected chi connectivity index (χ1v) is 6.16. The maximum Gasteiger partial charge on any atom is 0.106 e. The lowest BCUT2D eigenvalue weighted by atomic mass is 10.1. The van der Waals surface area contributed by atoms with Crippen molar-refractivity contribution >= 4 is 44.3 Å². The summed E-state index contributed by atoms with van der Waals surface area (Å²) in [6.45, 7) is 0. The van der Waals surface area contributed by atoms with Crippen molar-refractivity contribution in [3.8, 4) is 0 Å². The molecule has 0 amide bonds. The molecule has 18 heavy (non-hydrogen) atoms.